The van der Waals surface area contributed by atoms with Crippen LogP contribution in [0.15, 0.2) is 103 Å². The van der Waals surface area contributed by atoms with E-state index in [9.17, 15) is 14.0 Å². The van der Waals surface area contributed by atoms with Crippen LogP contribution in [-0.2, 0) is 16.1 Å². The Bertz CT molecular complexity index is 1770. The molecule has 5 aromatic rings. The third kappa shape index (κ3) is 9.27. The second-order valence-corrected chi connectivity index (χ2v) is 11.1. The summed E-state index contributed by atoms with van der Waals surface area (Å²) >= 11 is 0. The molecule has 244 valence electrons. The zero-order valence-electron chi connectivity index (χ0n) is 27.1. The molecule has 1 unspecified atom stereocenters. The minimum absolute atomic E-state index is 0.276. The summed E-state index contributed by atoms with van der Waals surface area (Å²) < 4.78 is 29.6. The van der Waals surface area contributed by atoms with Crippen LogP contribution in [0.5, 0.6) is 23.0 Å². The zero-order chi connectivity index (χ0) is 33.8. The van der Waals surface area contributed by atoms with Crippen molar-refractivity contribution in [3.8, 4) is 23.0 Å². The summed E-state index contributed by atoms with van der Waals surface area (Å²) in [6.45, 7) is 2.51. The maximum absolute atomic E-state index is 12.9. The van der Waals surface area contributed by atoms with Crippen molar-refractivity contribution < 1.29 is 28.2 Å². The number of carbonyl (C=O) groups excluding carboxylic acids is 2. The molecule has 1 atom stereocenters. The van der Waals surface area contributed by atoms with Gasteiger partial charge in [0.2, 0.25) is 5.91 Å². The highest BCUT2D eigenvalue weighted by Crippen LogP contribution is 2.37. The summed E-state index contributed by atoms with van der Waals surface area (Å²) in [5, 5.41) is 6.61. The van der Waals surface area contributed by atoms with E-state index >= 15 is 0 Å². The number of aromatic nitrogens is 1. The number of anilines is 2. The topological polar surface area (TPSA) is 102 Å². The van der Waals surface area contributed by atoms with Gasteiger partial charge < -0.3 is 34.5 Å². The van der Waals surface area contributed by atoms with Gasteiger partial charge >= 0.3 is 0 Å². The summed E-state index contributed by atoms with van der Waals surface area (Å²) in [7, 11) is 6.95. The molecule has 9 nitrogen and oxygen atoms in total. The van der Waals surface area contributed by atoms with E-state index in [4.69, 9.17) is 14.2 Å². The van der Waals surface area contributed by atoms with Gasteiger partial charge in [-0.1, -0.05) is 30.3 Å². The fourth-order valence-corrected chi connectivity index (χ4v) is 4.83. The van der Waals surface area contributed by atoms with Gasteiger partial charge in [-0.05, 0) is 80.2 Å². The summed E-state index contributed by atoms with van der Waals surface area (Å²) in [5.41, 5.74) is 2.18. The van der Waals surface area contributed by atoms with Crippen LogP contribution in [0, 0.1) is 11.2 Å². The van der Waals surface area contributed by atoms with Crippen molar-refractivity contribution in [1.29, 1.82) is 0 Å². The Hall–Kier alpha value is -5.48. The van der Waals surface area contributed by atoms with Crippen molar-refractivity contribution in [2.45, 2.75) is 13.5 Å². The van der Waals surface area contributed by atoms with Crippen LogP contribution in [0.3, 0.4) is 0 Å². The molecule has 0 spiro atoms. The minimum atomic E-state index is -1.20. The predicted octanol–water partition coefficient (Wildman–Crippen LogP) is 7.19. The van der Waals surface area contributed by atoms with Gasteiger partial charge in [-0.15, -0.1) is 0 Å². The fourth-order valence-electron chi connectivity index (χ4n) is 4.83. The number of nitrogens with one attached hydrogen (secondary N) is 2. The van der Waals surface area contributed by atoms with Gasteiger partial charge in [0.25, 0.3) is 0 Å². The summed E-state index contributed by atoms with van der Waals surface area (Å²) in [6.07, 6.45) is 2.37. The smallest absolute Gasteiger partial charge is 0.238 e. The first kappa shape index (κ1) is 34.4. The largest absolute Gasteiger partial charge is 0.493 e. The summed E-state index contributed by atoms with van der Waals surface area (Å²) in [6, 6.07) is 28.6. The van der Waals surface area contributed by atoms with Crippen molar-refractivity contribution in [1.82, 2.24) is 9.88 Å². The van der Waals surface area contributed by atoms with Crippen molar-refractivity contribution in [2.75, 3.05) is 45.5 Å². The van der Waals surface area contributed by atoms with Crippen molar-refractivity contribution >= 4 is 34.5 Å². The number of rotatable bonds is 12. The minimum Gasteiger partial charge on any atom is -0.493 e. The molecular formula is C37H39FN4O5. The van der Waals surface area contributed by atoms with Crippen molar-refractivity contribution in [3.63, 3.8) is 0 Å². The first-order valence-electron chi connectivity index (χ1n) is 14.9. The second kappa shape index (κ2) is 16.2. The van der Waals surface area contributed by atoms with E-state index in [0.29, 0.717) is 35.8 Å². The molecule has 1 heterocycles. The van der Waals surface area contributed by atoms with E-state index in [0.717, 1.165) is 27.9 Å². The first-order valence-corrected chi connectivity index (χ1v) is 14.9. The quantitative estimate of drug-likeness (QED) is 0.109. The van der Waals surface area contributed by atoms with E-state index in [1.165, 1.54) is 24.3 Å². The third-order valence-electron chi connectivity index (χ3n) is 7.35. The number of pyridine rings is 1. The van der Waals surface area contributed by atoms with Crippen LogP contribution >= 0.6 is 0 Å². The molecule has 1 aromatic heterocycles. The number of halogens is 1. The molecule has 0 saturated heterocycles. The van der Waals surface area contributed by atoms with E-state index < -0.39 is 11.3 Å². The second-order valence-electron chi connectivity index (χ2n) is 11.1. The Balaban J connectivity index is 0.000000213. The number of amides is 1. The number of fused-ring (bicyclic) bond motifs is 1. The molecule has 0 bridgehead atoms. The van der Waals surface area contributed by atoms with Gasteiger partial charge in [-0.25, -0.2) is 4.39 Å². The van der Waals surface area contributed by atoms with E-state index in [1.54, 1.807) is 27.3 Å². The lowest BCUT2D eigenvalue weighted by Crippen LogP contribution is -2.43. The number of hydrogen-bond acceptors (Lipinski definition) is 8. The average molecular weight is 639 g/mol. The zero-order valence-corrected chi connectivity index (χ0v) is 27.1. The third-order valence-corrected chi connectivity index (χ3v) is 7.35. The molecule has 0 radical (unpaired) electrons. The van der Waals surface area contributed by atoms with Crippen LogP contribution in [-0.4, -0.2) is 56.9 Å². The maximum Gasteiger partial charge on any atom is 0.238 e. The molecule has 0 saturated carbocycles. The number of aldehydes is 1. The molecule has 2 N–H and O–H groups in total. The number of hydrogen-bond donors (Lipinski definition) is 2. The lowest BCUT2D eigenvalue weighted by atomic mass is 9.90. The van der Waals surface area contributed by atoms with Crippen molar-refractivity contribution in [3.05, 3.63) is 115 Å². The number of nitrogens with zero attached hydrogens (tertiary/aromatic N) is 2. The van der Waals surface area contributed by atoms with E-state index in [-0.39, 0.29) is 12.4 Å². The normalized spacial score (nSPS) is 11.9. The standard InChI is InChI=1S/C19H21FN2O2.C18H18N2O3/c1-19(14-23,13-22(2)12-15-6-4-3-5-7-15)18(24)21-17-10-8-16(20)9-11-17;1-19-12-4-6-13(7-5-12)23-16-8-9-20-15-11-18(22-3)17(21-2)10-14(15)16/h3-11,14H,12-13H2,1-2H3,(H,21,24);4-11,19H,1-3H3. The Morgan fingerprint density at radius 2 is 1.53 bits per heavy atom. The Morgan fingerprint density at radius 3 is 2.15 bits per heavy atom. The number of carbonyl (C=O) groups is 2. The van der Waals surface area contributed by atoms with Crippen LogP contribution in [0.25, 0.3) is 10.9 Å². The van der Waals surface area contributed by atoms with E-state index in [1.807, 2.05) is 91.8 Å². The highest BCUT2D eigenvalue weighted by molar-refractivity contribution is 6.04. The van der Waals surface area contributed by atoms with Crippen LogP contribution in [0.4, 0.5) is 15.8 Å². The molecule has 5 rings (SSSR count). The van der Waals surface area contributed by atoms with Crippen LogP contribution in [0.2, 0.25) is 0 Å². The molecular weight excluding hydrogens is 599 g/mol. The lowest BCUT2D eigenvalue weighted by Gasteiger charge is -2.28. The molecule has 0 aliphatic rings. The predicted molar refractivity (Wildman–Crippen MR) is 183 cm³/mol. The summed E-state index contributed by atoms with van der Waals surface area (Å²) in [4.78, 5) is 30.3. The number of benzene rings is 4. The Kier molecular flexibility index (Phi) is 11.8. The molecule has 4 aromatic carbocycles. The van der Waals surface area contributed by atoms with Gasteiger partial charge in [0.05, 0.1) is 19.7 Å². The highest BCUT2D eigenvalue weighted by atomic mass is 19.1. The average Bonchev–Trinajstić information content (AvgIpc) is 3.09. The van der Waals surface area contributed by atoms with Crippen LogP contribution < -0.4 is 24.8 Å². The first-order chi connectivity index (χ1) is 22.7. The number of methoxy groups -OCH3 is 2. The van der Waals surface area contributed by atoms with Gasteiger partial charge in [0, 0.05) is 49.2 Å². The Labute approximate surface area is 274 Å². The fraction of sp³-hybridized carbons (Fsp3) is 0.216. The highest BCUT2D eigenvalue weighted by Gasteiger charge is 2.34. The van der Waals surface area contributed by atoms with Gasteiger partial charge in [-0.3, -0.25) is 9.78 Å². The lowest BCUT2D eigenvalue weighted by molar-refractivity contribution is -0.132. The van der Waals surface area contributed by atoms with Gasteiger partial charge in [0.15, 0.2) is 11.5 Å². The van der Waals surface area contributed by atoms with Gasteiger partial charge in [0.1, 0.15) is 29.0 Å². The molecule has 0 aliphatic heterocycles. The summed E-state index contributed by atoms with van der Waals surface area (Å²) in [5.74, 6) is 1.96. The molecule has 0 fully saturated rings. The number of ether oxygens (including phenoxy) is 3. The van der Waals surface area contributed by atoms with Gasteiger partial charge in [-0.2, -0.15) is 0 Å². The van der Waals surface area contributed by atoms with Crippen molar-refractivity contribution in [2.24, 2.45) is 5.41 Å². The van der Waals surface area contributed by atoms with E-state index in [2.05, 4.69) is 15.6 Å². The SMILES string of the molecule is CN(Cc1ccccc1)CC(C)(C=O)C(=O)Nc1ccc(F)cc1.CNc1ccc(Oc2ccnc3cc(OC)c(OC)cc23)cc1. The monoisotopic (exact) mass is 638 g/mol. The van der Waals surface area contributed by atoms with Crippen LogP contribution in [0.1, 0.15) is 12.5 Å². The molecule has 0 aliphatic carbocycles. The Morgan fingerprint density at radius 1 is 0.894 bits per heavy atom. The maximum atomic E-state index is 12.9. The molecule has 10 heteroatoms. The molecule has 47 heavy (non-hydrogen) atoms. The molecule has 1 amide bonds.